The van der Waals surface area contributed by atoms with Crippen molar-refractivity contribution in [3.05, 3.63) is 39.4 Å². The minimum absolute atomic E-state index is 0.0289. The highest BCUT2D eigenvalue weighted by Crippen LogP contribution is 2.22. The van der Waals surface area contributed by atoms with Gasteiger partial charge in [0, 0.05) is 12.1 Å². The third-order valence-corrected chi connectivity index (χ3v) is 2.28. The quantitative estimate of drug-likeness (QED) is 0.474. The lowest BCUT2D eigenvalue weighted by atomic mass is 10.1. The first-order valence-corrected chi connectivity index (χ1v) is 6.00. The molecule has 0 spiro atoms. The van der Waals surface area contributed by atoms with Crippen LogP contribution in [0.1, 0.15) is 36.7 Å². The molecule has 0 aliphatic rings. The number of hydrogen-bond acceptors (Lipinski definition) is 5. The number of nitrogens with zero attached hydrogens (tertiary/aromatic N) is 1. The van der Waals surface area contributed by atoms with Crippen molar-refractivity contribution < 1.29 is 28.0 Å². The van der Waals surface area contributed by atoms with Crippen molar-refractivity contribution in [2.45, 2.75) is 39.6 Å². The van der Waals surface area contributed by atoms with Crippen LogP contribution in [-0.4, -0.2) is 23.1 Å². The number of rotatable bonds is 5. The summed E-state index contributed by atoms with van der Waals surface area (Å²) in [5, 5.41) is 10.7. The third kappa shape index (κ3) is 5.42. The molecule has 0 radical (unpaired) electrons. The Balaban J connectivity index is 3.11. The molecule has 0 aliphatic heterocycles. The van der Waals surface area contributed by atoms with Crippen molar-refractivity contribution in [1.82, 2.24) is 0 Å². The number of non-ortho nitro benzene ring substituents is 1. The molecule has 0 saturated carbocycles. The third-order valence-electron chi connectivity index (χ3n) is 2.28. The predicted octanol–water partition coefficient (Wildman–Crippen LogP) is 3.29. The predicted molar refractivity (Wildman–Crippen MR) is 69.1 cm³/mol. The van der Waals surface area contributed by atoms with Crippen LogP contribution in [0.15, 0.2) is 18.2 Å². The van der Waals surface area contributed by atoms with Crippen molar-refractivity contribution in [3.63, 3.8) is 0 Å². The molecule has 0 bridgehead atoms. The Hall–Kier alpha value is -2.09. The molecule has 0 amide bonds. The van der Waals surface area contributed by atoms with E-state index in [1.165, 1.54) is 0 Å². The summed E-state index contributed by atoms with van der Waals surface area (Å²) in [7, 11) is 0. The van der Waals surface area contributed by atoms with Crippen LogP contribution >= 0.6 is 0 Å². The average Bonchev–Trinajstić information content (AvgIpc) is 2.33. The molecule has 1 aromatic rings. The molecular weight excluding hydrogens is 288 g/mol. The van der Waals surface area contributed by atoms with Gasteiger partial charge in [-0.1, -0.05) is 0 Å². The fourth-order valence-electron chi connectivity index (χ4n) is 1.50. The summed E-state index contributed by atoms with van der Waals surface area (Å²) in [6, 6.07) is 3.28. The number of hydrogen-bond donors (Lipinski definition) is 0. The molecule has 1 aromatic carbocycles. The second-order valence-electron chi connectivity index (χ2n) is 5.17. The lowest BCUT2D eigenvalue weighted by molar-refractivity contribution is -0.385. The summed E-state index contributed by atoms with van der Waals surface area (Å²) < 4.78 is 33.5. The van der Waals surface area contributed by atoms with E-state index in [0.717, 1.165) is 18.2 Å². The van der Waals surface area contributed by atoms with Gasteiger partial charge in [0.1, 0.15) is 5.60 Å². The number of carbonyl (C=O) groups is 1. The summed E-state index contributed by atoms with van der Waals surface area (Å²) in [4.78, 5) is 22.0. The zero-order valence-electron chi connectivity index (χ0n) is 11.8. The molecular formula is C13H15F2NO5. The second-order valence-corrected chi connectivity index (χ2v) is 5.17. The summed E-state index contributed by atoms with van der Waals surface area (Å²) in [5.74, 6) is -0.759. The van der Waals surface area contributed by atoms with E-state index in [4.69, 9.17) is 4.74 Å². The maximum Gasteiger partial charge on any atom is 0.345 e. The molecule has 1 rings (SSSR count). The van der Waals surface area contributed by atoms with Gasteiger partial charge in [-0.15, -0.1) is 0 Å². The zero-order valence-corrected chi connectivity index (χ0v) is 11.8. The minimum atomic E-state index is -3.05. The Morgan fingerprint density at radius 2 is 2.00 bits per heavy atom. The normalized spacial score (nSPS) is 11.5. The molecule has 0 aliphatic carbocycles. The monoisotopic (exact) mass is 303 g/mol. The van der Waals surface area contributed by atoms with Crippen LogP contribution in [0.5, 0.6) is 0 Å². The van der Waals surface area contributed by atoms with Gasteiger partial charge < -0.3 is 9.47 Å². The van der Waals surface area contributed by atoms with Gasteiger partial charge in [-0.2, -0.15) is 8.78 Å². The largest absolute Gasteiger partial charge is 0.456 e. The standard InChI is InChI=1S/C13H15F2NO5/c1-13(2,3)21-11(17)10-5-4-9(16(18)19)6-8(10)7-20-12(14)15/h4-6,12H,7H2,1-3H3. The molecule has 0 fully saturated rings. The summed E-state index contributed by atoms with van der Waals surface area (Å²) in [5.41, 5.74) is -1.18. The summed E-state index contributed by atoms with van der Waals surface area (Å²) in [6.07, 6.45) is 0. The van der Waals surface area contributed by atoms with Gasteiger partial charge in [0.25, 0.3) is 5.69 Å². The van der Waals surface area contributed by atoms with Crippen molar-refractivity contribution in [3.8, 4) is 0 Å². The van der Waals surface area contributed by atoms with E-state index in [1.807, 2.05) is 0 Å². The molecule has 21 heavy (non-hydrogen) atoms. The number of nitro benzene ring substituents is 1. The Morgan fingerprint density at radius 1 is 1.38 bits per heavy atom. The first kappa shape index (κ1) is 17.0. The van der Waals surface area contributed by atoms with E-state index < -0.39 is 29.7 Å². The van der Waals surface area contributed by atoms with Crippen LogP contribution in [0.3, 0.4) is 0 Å². The molecule has 6 nitrogen and oxygen atoms in total. The SMILES string of the molecule is CC(C)(C)OC(=O)c1ccc([N+](=O)[O-])cc1COC(F)F. The van der Waals surface area contributed by atoms with E-state index in [2.05, 4.69) is 4.74 Å². The maximum atomic E-state index is 12.1. The summed E-state index contributed by atoms with van der Waals surface area (Å²) >= 11 is 0. The smallest absolute Gasteiger partial charge is 0.345 e. The summed E-state index contributed by atoms with van der Waals surface area (Å²) in [6.45, 7) is 1.26. The van der Waals surface area contributed by atoms with Crippen LogP contribution < -0.4 is 0 Å². The number of halogens is 2. The van der Waals surface area contributed by atoms with Gasteiger partial charge in [0.05, 0.1) is 17.1 Å². The minimum Gasteiger partial charge on any atom is -0.456 e. The van der Waals surface area contributed by atoms with E-state index in [9.17, 15) is 23.7 Å². The molecule has 0 saturated heterocycles. The number of nitro groups is 1. The average molecular weight is 303 g/mol. The van der Waals surface area contributed by atoms with Crippen molar-refractivity contribution in [2.75, 3.05) is 0 Å². The Morgan fingerprint density at radius 3 is 2.48 bits per heavy atom. The fraction of sp³-hybridized carbons (Fsp3) is 0.462. The number of benzene rings is 1. The number of alkyl halides is 2. The lowest BCUT2D eigenvalue weighted by Gasteiger charge is -2.20. The molecule has 0 unspecified atom stereocenters. The van der Waals surface area contributed by atoms with Gasteiger partial charge in [-0.05, 0) is 32.4 Å². The molecule has 0 heterocycles. The Bertz CT molecular complexity index is 540. The van der Waals surface area contributed by atoms with E-state index in [-0.39, 0.29) is 16.8 Å². The van der Waals surface area contributed by atoms with Gasteiger partial charge in [0.15, 0.2) is 0 Å². The molecule has 8 heteroatoms. The van der Waals surface area contributed by atoms with E-state index in [0.29, 0.717) is 0 Å². The first-order valence-electron chi connectivity index (χ1n) is 6.00. The zero-order chi connectivity index (χ0) is 16.2. The maximum absolute atomic E-state index is 12.1. The Kier molecular flexibility index (Phi) is 5.31. The number of carbonyl (C=O) groups excluding carboxylic acids is 1. The Labute approximate surface area is 119 Å². The highest BCUT2D eigenvalue weighted by molar-refractivity contribution is 5.91. The van der Waals surface area contributed by atoms with Crippen molar-refractivity contribution in [2.24, 2.45) is 0 Å². The van der Waals surface area contributed by atoms with E-state index >= 15 is 0 Å². The molecule has 0 atom stereocenters. The fourth-order valence-corrected chi connectivity index (χ4v) is 1.50. The van der Waals surface area contributed by atoms with E-state index in [1.54, 1.807) is 20.8 Å². The van der Waals surface area contributed by atoms with Crippen LogP contribution in [0, 0.1) is 10.1 Å². The van der Waals surface area contributed by atoms with Gasteiger partial charge >= 0.3 is 12.6 Å². The lowest BCUT2D eigenvalue weighted by Crippen LogP contribution is -2.24. The van der Waals surface area contributed by atoms with Crippen LogP contribution in [0.2, 0.25) is 0 Å². The molecule has 116 valence electrons. The highest BCUT2D eigenvalue weighted by atomic mass is 19.3. The van der Waals surface area contributed by atoms with Crippen LogP contribution in [-0.2, 0) is 16.1 Å². The number of ether oxygens (including phenoxy) is 2. The second kappa shape index (κ2) is 6.57. The van der Waals surface area contributed by atoms with Gasteiger partial charge in [0.2, 0.25) is 0 Å². The van der Waals surface area contributed by atoms with Gasteiger partial charge in [-0.25, -0.2) is 4.79 Å². The molecule has 0 aromatic heterocycles. The molecule has 0 N–H and O–H groups in total. The number of esters is 1. The van der Waals surface area contributed by atoms with Crippen molar-refractivity contribution >= 4 is 11.7 Å². The highest BCUT2D eigenvalue weighted by Gasteiger charge is 2.22. The van der Waals surface area contributed by atoms with Crippen molar-refractivity contribution in [1.29, 1.82) is 0 Å². The van der Waals surface area contributed by atoms with Crippen LogP contribution in [0.4, 0.5) is 14.5 Å². The van der Waals surface area contributed by atoms with Gasteiger partial charge in [-0.3, -0.25) is 10.1 Å². The first-order chi connectivity index (χ1) is 9.60. The topological polar surface area (TPSA) is 78.7 Å². The van der Waals surface area contributed by atoms with Crippen LogP contribution in [0.25, 0.3) is 0 Å².